The number of nitrogens with zero attached hydrogens (tertiary/aromatic N) is 1. The van der Waals surface area contributed by atoms with Crippen LogP contribution < -0.4 is 4.74 Å². The molecule has 1 aromatic rings. The van der Waals surface area contributed by atoms with Crippen molar-refractivity contribution < 1.29 is 9.53 Å². The highest BCUT2D eigenvalue weighted by atomic mass is 32.2. The Balaban J connectivity index is 2.30. The molecule has 0 unspecified atom stereocenters. The molecule has 1 aliphatic carbocycles. The van der Waals surface area contributed by atoms with E-state index in [-0.39, 0.29) is 0 Å². The van der Waals surface area contributed by atoms with E-state index in [0.29, 0.717) is 11.8 Å². The summed E-state index contributed by atoms with van der Waals surface area (Å²) in [5.74, 6) is 0.789. The molecule has 0 bridgehead atoms. The molecule has 0 aliphatic heterocycles. The lowest BCUT2D eigenvalue weighted by atomic mass is 10.3. The van der Waals surface area contributed by atoms with E-state index in [1.807, 2.05) is 12.3 Å². The lowest BCUT2D eigenvalue weighted by Gasteiger charge is -2.09. The topological polar surface area (TPSA) is 39.2 Å². The summed E-state index contributed by atoms with van der Waals surface area (Å²) in [6.07, 6.45) is 6.89. The fourth-order valence-corrected chi connectivity index (χ4v) is 1.82. The zero-order valence-electron chi connectivity index (χ0n) is 7.90. The molecule has 0 saturated heterocycles. The van der Waals surface area contributed by atoms with Crippen LogP contribution in [0.1, 0.15) is 23.3 Å². The summed E-state index contributed by atoms with van der Waals surface area (Å²) < 4.78 is 5.67. The summed E-state index contributed by atoms with van der Waals surface area (Å²) in [7, 11) is 0. The van der Waals surface area contributed by atoms with Crippen molar-refractivity contribution in [3.8, 4) is 5.75 Å². The third-order valence-electron chi connectivity index (χ3n) is 2.03. The third-order valence-corrected chi connectivity index (χ3v) is 2.85. The first kappa shape index (κ1) is 9.52. The minimum Gasteiger partial charge on any atom is -0.489 e. The van der Waals surface area contributed by atoms with Gasteiger partial charge in [-0.3, -0.25) is 9.78 Å². The number of rotatable bonds is 4. The van der Waals surface area contributed by atoms with Crippen LogP contribution in [0.25, 0.3) is 0 Å². The highest BCUT2D eigenvalue weighted by Crippen LogP contribution is 2.34. The number of ether oxygens (including phenoxy) is 1. The Labute approximate surface area is 86.9 Å². The Morgan fingerprint density at radius 3 is 3.00 bits per heavy atom. The molecule has 14 heavy (non-hydrogen) atoms. The second kappa shape index (κ2) is 4.00. The van der Waals surface area contributed by atoms with Crippen molar-refractivity contribution in [2.24, 2.45) is 0 Å². The molecule has 1 fully saturated rings. The van der Waals surface area contributed by atoms with Gasteiger partial charge in [-0.05, 0) is 25.2 Å². The molecule has 1 heterocycles. The Hall–Kier alpha value is -1.03. The van der Waals surface area contributed by atoms with Crippen molar-refractivity contribution in [2.75, 3.05) is 6.26 Å². The maximum Gasteiger partial charge on any atom is 0.169 e. The van der Waals surface area contributed by atoms with Crippen molar-refractivity contribution in [1.82, 2.24) is 4.98 Å². The van der Waals surface area contributed by atoms with E-state index in [1.165, 1.54) is 11.8 Å². The number of carbonyl (C=O) groups excluding carboxylic acids is 1. The fraction of sp³-hybridized carbons (Fsp3) is 0.400. The van der Waals surface area contributed by atoms with Gasteiger partial charge in [-0.2, -0.15) is 0 Å². The van der Waals surface area contributed by atoms with Crippen LogP contribution in [0.4, 0.5) is 0 Å². The Morgan fingerprint density at radius 2 is 2.43 bits per heavy atom. The van der Waals surface area contributed by atoms with Gasteiger partial charge in [0.2, 0.25) is 0 Å². The SMILES string of the molecule is CSc1c(OC2CC2)ccnc1C=O. The zero-order valence-corrected chi connectivity index (χ0v) is 8.71. The van der Waals surface area contributed by atoms with Crippen LogP contribution in [0.15, 0.2) is 17.2 Å². The molecule has 0 radical (unpaired) electrons. The van der Waals surface area contributed by atoms with Crippen LogP contribution in [0, 0.1) is 0 Å². The second-order valence-electron chi connectivity index (χ2n) is 3.16. The van der Waals surface area contributed by atoms with E-state index in [4.69, 9.17) is 4.74 Å². The number of aromatic nitrogens is 1. The van der Waals surface area contributed by atoms with Crippen LogP contribution in [-0.2, 0) is 0 Å². The number of aldehydes is 1. The first-order valence-electron chi connectivity index (χ1n) is 4.50. The lowest BCUT2D eigenvalue weighted by molar-refractivity contribution is 0.111. The molecule has 74 valence electrons. The Bertz CT molecular complexity index is 350. The molecular weight excluding hydrogens is 198 g/mol. The van der Waals surface area contributed by atoms with E-state index in [0.717, 1.165) is 29.8 Å². The Kier molecular flexibility index (Phi) is 2.72. The predicted molar refractivity (Wildman–Crippen MR) is 55.1 cm³/mol. The standard InChI is InChI=1S/C10H11NO2S/c1-14-10-8(6-12)11-5-4-9(10)13-7-2-3-7/h4-7H,2-3H2,1H3. The molecule has 2 rings (SSSR count). The quantitative estimate of drug-likeness (QED) is 0.562. The van der Waals surface area contributed by atoms with Crippen LogP contribution in [0.3, 0.4) is 0 Å². The van der Waals surface area contributed by atoms with Gasteiger partial charge in [0.05, 0.1) is 11.0 Å². The van der Waals surface area contributed by atoms with E-state index in [9.17, 15) is 4.79 Å². The van der Waals surface area contributed by atoms with Crippen LogP contribution in [0.5, 0.6) is 5.75 Å². The first-order valence-corrected chi connectivity index (χ1v) is 5.72. The molecule has 1 saturated carbocycles. The minimum absolute atomic E-state index is 0.350. The average Bonchev–Trinajstić information content (AvgIpc) is 3.01. The molecule has 0 atom stereocenters. The van der Waals surface area contributed by atoms with Crippen molar-refractivity contribution in [2.45, 2.75) is 23.8 Å². The summed E-state index contributed by atoms with van der Waals surface area (Å²) in [6, 6.07) is 1.82. The van der Waals surface area contributed by atoms with E-state index >= 15 is 0 Å². The van der Waals surface area contributed by atoms with E-state index < -0.39 is 0 Å². The van der Waals surface area contributed by atoms with Crippen molar-refractivity contribution >= 4 is 18.0 Å². The van der Waals surface area contributed by atoms with Crippen LogP contribution in [-0.4, -0.2) is 23.6 Å². The smallest absolute Gasteiger partial charge is 0.169 e. The van der Waals surface area contributed by atoms with Crippen LogP contribution >= 0.6 is 11.8 Å². The van der Waals surface area contributed by atoms with Gasteiger partial charge in [0, 0.05) is 6.20 Å². The van der Waals surface area contributed by atoms with Gasteiger partial charge >= 0.3 is 0 Å². The molecule has 0 spiro atoms. The summed E-state index contributed by atoms with van der Waals surface area (Å²) in [4.78, 5) is 15.5. The molecule has 0 aromatic carbocycles. The number of thioether (sulfide) groups is 1. The summed E-state index contributed by atoms with van der Waals surface area (Å²) >= 11 is 1.50. The highest BCUT2D eigenvalue weighted by molar-refractivity contribution is 7.98. The van der Waals surface area contributed by atoms with Gasteiger partial charge in [0.25, 0.3) is 0 Å². The molecule has 1 aromatic heterocycles. The average molecular weight is 209 g/mol. The van der Waals surface area contributed by atoms with Crippen molar-refractivity contribution in [3.05, 3.63) is 18.0 Å². The molecular formula is C10H11NO2S. The van der Waals surface area contributed by atoms with E-state index in [2.05, 4.69) is 4.98 Å². The largest absolute Gasteiger partial charge is 0.489 e. The van der Waals surface area contributed by atoms with Crippen molar-refractivity contribution in [3.63, 3.8) is 0 Å². The summed E-state index contributed by atoms with van der Waals surface area (Å²) in [5, 5.41) is 0. The molecule has 0 amide bonds. The van der Waals surface area contributed by atoms with Gasteiger partial charge in [-0.15, -0.1) is 11.8 Å². The molecule has 0 N–H and O–H groups in total. The van der Waals surface area contributed by atoms with Gasteiger partial charge in [-0.1, -0.05) is 0 Å². The zero-order chi connectivity index (χ0) is 9.97. The fourth-order valence-electron chi connectivity index (χ4n) is 1.19. The number of pyridine rings is 1. The maximum absolute atomic E-state index is 10.7. The van der Waals surface area contributed by atoms with Crippen molar-refractivity contribution in [1.29, 1.82) is 0 Å². The molecule has 3 nitrogen and oxygen atoms in total. The first-order chi connectivity index (χ1) is 6.85. The lowest BCUT2D eigenvalue weighted by Crippen LogP contribution is -2.00. The number of carbonyl (C=O) groups is 1. The van der Waals surface area contributed by atoms with Gasteiger partial charge in [0.15, 0.2) is 6.29 Å². The molecule has 1 aliphatic rings. The number of hydrogen-bond acceptors (Lipinski definition) is 4. The summed E-state index contributed by atoms with van der Waals surface area (Å²) in [6.45, 7) is 0. The maximum atomic E-state index is 10.7. The van der Waals surface area contributed by atoms with Crippen LogP contribution in [0.2, 0.25) is 0 Å². The monoisotopic (exact) mass is 209 g/mol. The summed E-state index contributed by atoms with van der Waals surface area (Å²) in [5.41, 5.74) is 0.468. The highest BCUT2D eigenvalue weighted by Gasteiger charge is 2.25. The predicted octanol–water partition coefficient (Wildman–Crippen LogP) is 2.16. The molecule has 4 heteroatoms. The third kappa shape index (κ3) is 1.90. The minimum atomic E-state index is 0.350. The van der Waals surface area contributed by atoms with Gasteiger partial charge in [-0.25, -0.2) is 0 Å². The Morgan fingerprint density at radius 1 is 1.64 bits per heavy atom. The van der Waals surface area contributed by atoms with Gasteiger partial charge < -0.3 is 4.74 Å². The normalized spacial score (nSPS) is 15.2. The van der Waals surface area contributed by atoms with E-state index in [1.54, 1.807) is 6.20 Å². The van der Waals surface area contributed by atoms with Gasteiger partial charge in [0.1, 0.15) is 11.4 Å². The number of hydrogen-bond donors (Lipinski definition) is 0. The second-order valence-corrected chi connectivity index (χ2v) is 3.98.